The van der Waals surface area contributed by atoms with Crippen molar-refractivity contribution in [3.63, 3.8) is 0 Å². The third-order valence-corrected chi connectivity index (χ3v) is 4.01. The van der Waals surface area contributed by atoms with E-state index in [9.17, 15) is 0 Å². The van der Waals surface area contributed by atoms with Crippen LogP contribution in [-0.2, 0) is 26.4 Å². The summed E-state index contributed by atoms with van der Waals surface area (Å²) in [5, 5.41) is 6.79. The Morgan fingerprint density at radius 1 is 1.35 bits per heavy atom. The molecule has 92 valence electrons. The van der Waals surface area contributed by atoms with E-state index in [-0.39, 0.29) is 0 Å². The van der Waals surface area contributed by atoms with Gasteiger partial charge in [0, 0.05) is 29.7 Å². The van der Waals surface area contributed by atoms with Crippen LogP contribution in [0.2, 0.25) is 0 Å². The van der Waals surface area contributed by atoms with Gasteiger partial charge in [-0.1, -0.05) is 13.8 Å². The first kappa shape index (κ1) is 12.3. The van der Waals surface area contributed by atoms with Gasteiger partial charge >= 0.3 is 0 Å². The lowest BCUT2D eigenvalue weighted by Crippen LogP contribution is -1.97. The average molecular weight is 249 g/mol. The lowest BCUT2D eigenvalue weighted by atomic mass is 10.0. The molecule has 2 rings (SSSR count). The molecule has 2 aromatic heterocycles. The van der Waals surface area contributed by atoms with Gasteiger partial charge in [0.2, 0.25) is 0 Å². The summed E-state index contributed by atoms with van der Waals surface area (Å²) in [6.07, 6.45) is 1.98. The zero-order valence-corrected chi connectivity index (χ0v) is 11.5. The third kappa shape index (κ3) is 2.15. The first-order chi connectivity index (χ1) is 8.21. The van der Waals surface area contributed by atoms with Crippen molar-refractivity contribution >= 4 is 11.3 Å². The SMILES string of the molecule is CCc1nn(C)c(CC)c1-c1csc(CN)c1. The quantitative estimate of drug-likeness (QED) is 0.905. The van der Waals surface area contributed by atoms with Gasteiger partial charge < -0.3 is 5.73 Å². The molecule has 0 amide bonds. The molecular formula is C13H19N3S. The van der Waals surface area contributed by atoms with Gasteiger partial charge in [-0.15, -0.1) is 11.3 Å². The molecule has 4 heteroatoms. The summed E-state index contributed by atoms with van der Waals surface area (Å²) in [7, 11) is 2.03. The highest BCUT2D eigenvalue weighted by molar-refractivity contribution is 7.10. The molecule has 0 aromatic carbocycles. The van der Waals surface area contributed by atoms with Crippen molar-refractivity contribution in [1.82, 2.24) is 9.78 Å². The number of nitrogens with two attached hydrogens (primary N) is 1. The standard InChI is InChI=1S/C13H19N3S/c1-4-11-13(12(5-2)16(3)15-11)9-6-10(7-14)17-8-9/h6,8H,4-5,7,14H2,1-3H3. The molecule has 0 bridgehead atoms. The molecule has 0 unspecified atom stereocenters. The second-order valence-electron chi connectivity index (χ2n) is 4.10. The number of aromatic nitrogens is 2. The summed E-state index contributed by atoms with van der Waals surface area (Å²) >= 11 is 1.73. The average Bonchev–Trinajstić information content (AvgIpc) is 2.92. The van der Waals surface area contributed by atoms with Crippen molar-refractivity contribution in [2.45, 2.75) is 33.2 Å². The van der Waals surface area contributed by atoms with E-state index in [1.807, 2.05) is 11.7 Å². The van der Waals surface area contributed by atoms with Crippen LogP contribution in [0.4, 0.5) is 0 Å². The summed E-state index contributed by atoms with van der Waals surface area (Å²) in [5.74, 6) is 0. The van der Waals surface area contributed by atoms with Crippen molar-refractivity contribution in [2.75, 3.05) is 0 Å². The molecule has 3 nitrogen and oxygen atoms in total. The van der Waals surface area contributed by atoms with Gasteiger partial charge in [0.05, 0.1) is 5.69 Å². The van der Waals surface area contributed by atoms with Gasteiger partial charge in [-0.3, -0.25) is 4.68 Å². The third-order valence-electron chi connectivity index (χ3n) is 3.05. The topological polar surface area (TPSA) is 43.8 Å². The second kappa shape index (κ2) is 5.02. The van der Waals surface area contributed by atoms with Crippen molar-refractivity contribution < 1.29 is 0 Å². The molecule has 0 saturated carbocycles. The van der Waals surface area contributed by atoms with Crippen LogP contribution in [0.3, 0.4) is 0 Å². The molecule has 0 spiro atoms. The maximum atomic E-state index is 5.68. The van der Waals surface area contributed by atoms with E-state index in [1.165, 1.54) is 27.4 Å². The first-order valence-corrected chi connectivity index (χ1v) is 6.91. The molecule has 0 aliphatic heterocycles. The van der Waals surface area contributed by atoms with Crippen LogP contribution in [0, 0.1) is 0 Å². The normalized spacial score (nSPS) is 11.1. The zero-order valence-electron chi connectivity index (χ0n) is 10.7. The molecule has 0 saturated heterocycles. The van der Waals surface area contributed by atoms with E-state index in [4.69, 9.17) is 5.73 Å². The second-order valence-corrected chi connectivity index (χ2v) is 5.10. The van der Waals surface area contributed by atoms with Crippen LogP contribution in [-0.4, -0.2) is 9.78 Å². The Hall–Kier alpha value is -1.13. The monoisotopic (exact) mass is 249 g/mol. The number of aryl methyl sites for hydroxylation is 2. The fourth-order valence-corrected chi connectivity index (χ4v) is 2.98. The summed E-state index contributed by atoms with van der Waals surface area (Å²) < 4.78 is 2.01. The predicted octanol–water partition coefficient (Wildman–Crippen LogP) is 2.73. The van der Waals surface area contributed by atoms with Gasteiger partial charge in [0.1, 0.15) is 0 Å². The Kier molecular flexibility index (Phi) is 3.64. The van der Waals surface area contributed by atoms with Crippen LogP contribution in [0.5, 0.6) is 0 Å². The number of nitrogens with zero attached hydrogens (tertiary/aromatic N) is 2. The Balaban J connectivity index is 2.55. The van der Waals surface area contributed by atoms with E-state index >= 15 is 0 Å². The van der Waals surface area contributed by atoms with Crippen molar-refractivity contribution in [1.29, 1.82) is 0 Å². The zero-order chi connectivity index (χ0) is 12.4. The predicted molar refractivity (Wildman–Crippen MR) is 73.2 cm³/mol. The molecule has 0 aliphatic carbocycles. The van der Waals surface area contributed by atoms with E-state index in [2.05, 4.69) is 30.4 Å². The fourth-order valence-electron chi connectivity index (χ4n) is 2.22. The molecule has 17 heavy (non-hydrogen) atoms. The molecule has 2 aromatic rings. The van der Waals surface area contributed by atoms with Crippen molar-refractivity contribution in [2.24, 2.45) is 12.8 Å². The number of rotatable bonds is 4. The molecule has 0 radical (unpaired) electrons. The van der Waals surface area contributed by atoms with E-state index in [0.29, 0.717) is 6.54 Å². The summed E-state index contributed by atoms with van der Waals surface area (Å²) in [6.45, 7) is 4.95. The van der Waals surface area contributed by atoms with Gasteiger partial charge in [0.25, 0.3) is 0 Å². The van der Waals surface area contributed by atoms with E-state index in [1.54, 1.807) is 11.3 Å². The largest absolute Gasteiger partial charge is 0.326 e. The molecule has 0 atom stereocenters. The molecule has 0 fully saturated rings. The highest BCUT2D eigenvalue weighted by Gasteiger charge is 2.16. The first-order valence-electron chi connectivity index (χ1n) is 6.03. The Morgan fingerprint density at radius 3 is 2.65 bits per heavy atom. The van der Waals surface area contributed by atoms with Crippen molar-refractivity contribution in [3.8, 4) is 11.1 Å². The Morgan fingerprint density at radius 2 is 2.12 bits per heavy atom. The van der Waals surface area contributed by atoms with Crippen LogP contribution in [0.15, 0.2) is 11.4 Å². The van der Waals surface area contributed by atoms with E-state index in [0.717, 1.165) is 12.8 Å². The Bertz CT molecular complexity index is 511. The van der Waals surface area contributed by atoms with Crippen LogP contribution < -0.4 is 5.73 Å². The molecular weight excluding hydrogens is 230 g/mol. The number of hydrogen-bond acceptors (Lipinski definition) is 3. The minimum absolute atomic E-state index is 0.619. The summed E-state index contributed by atoms with van der Waals surface area (Å²) in [5.41, 5.74) is 10.8. The van der Waals surface area contributed by atoms with Gasteiger partial charge in [-0.05, 0) is 29.9 Å². The lowest BCUT2D eigenvalue weighted by molar-refractivity contribution is 0.705. The minimum atomic E-state index is 0.619. The van der Waals surface area contributed by atoms with Crippen LogP contribution in [0.25, 0.3) is 11.1 Å². The lowest BCUT2D eigenvalue weighted by Gasteiger charge is -2.02. The molecule has 2 N–H and O–H groups in total. The summed E-state index contributed by atoms with van der Waals surface area (Å²) in [6, 6.07) is 2.19. The highest BCUT2D eigenvalue weighted by atomic mass is 32.1. The van der Waals surface area contributed by atoms with Gasteiger partial charge in [0.15, 0.2) is 0 Å². The van der Waals surface area contributed by atoms with Crippen LogP contribution in [0.1, 0.15) is 30.1 Å². The maximum absolute atomic E-state index is 5.68. The summed E-state index contributed by atoms with van der Waals surface area (Å²) in [4.78, 5) is 1.23. The highest BCUT2D eigenvalue weighted by Crippen LogP contribution is 2.31. The maximum Gasteiger partial charge on any atom is 0.0703 e. The van der Waals surface area contributed by atoms with Gasteiger partial charge in [-0.2, -0.15) is 5.10 Å². The minimum Gasteiger partial charge on any atom is -0.326 e. The van der Waals surface area contributed by atoms with Crippen molar-refractivity contribution in [3.05, 3.63) is 27.7 Å². The van der Waals surface area contributed by atoms with E-state index < -0.39 is 0 Å². The molecule has 0 aliphatic rings. The van der Waals surface area contributed by atoms with Gasteiger partial charge in [-0.25, -0.2) is 0 Å². The fraction of sp³-hybridized carbons (Fsp3) is 0.462. The molecule has 2 heterocycles. The smallest absolute Gasteiger partial charge is 0.0703 e. The van der Waals surface area contributed by atoms with Crippen LogP contribution >= 0.6 is 11.3 Å². The number of hydrogen-bond donors (Lipinski definition) is 1. The Labute approximate surface area is 106 Å². The number of thiophene rings is 1.